The van der Waals surface area contributed by atoms with E-state index in [1.807, 2.05) is 20.8 Å². The SMILES string of the molecule is Cc1sc2nc(CSC(C)C(=O)NC(C)C3CC4CCC3C4)[nH]c(=O)c2c1C. The predicted molar refractivity (Wildman–Crippen MR) is 117 cm³/mol. The van der Waals surface area contributed by atoms with E-state index in [9.17, 15) is 9.59 Å². The van der Waals surface area contributed by atoms with Crippen LogP contribution < -0.4 is 10.9 Å². The van der Waals surface area contributed by atoms with E-state index < -0.39 is 0 Å². The molecule has 2 N–H and O–H groups in total. The minimum absolute atomic E-state index is 0.0792. The molecule has 2 heterocycles. The van der Waals surface area contributed by atoms with E-state index in [0.717, 1.165) is 27.1 Å². The highest BCUT2D eigenvalue weighted by Crippen LogP contribution is 2.49. The average Bonchev–Trinajstić information content (AvgIpc) is 3.35. The van der Waals surface area contributed by atoms with Crippen LogP contribution in [0.1, 0.15) is 55.8 Å². The lowest BCUT2D eigenvalue weighted by Crippen LogP contribution is -2.43. The molecule has 1 amide bonds. The predicted octanol–water partition coefficient (Wildman–Crippen LogP) is 4.16. The van der Waals surface area contributed by atoms with E-state index in [1.165, 1.54) is 37.4 Å². The van der Waals surface area contributed by atoms with Crippen LogP contribution in [0.15, 0.2) is 4.79 Å². The van der Waals surface area contributed by atoms with Gasteiger partial charge in [0.15, 0.2) is 0 Å². The Hall–Kier alpha value is -1.34. The van der Waals surface area contributed by atoms with Crippen LogP contribution in [0.4, 0.5) is 0 Å². The number of hydrogen-bond donors (Lipinski definition) is 2. The van der Waals surface area contributed by atoms with Crippen molar-refractivity contribution in [3.05, 3.63) is 26.6 Å². The maximum absolute atomic E-state index is 12.6. The summed E-state index contributed by atoms with van der Waals surface area (Å²) < 4.78 is 0. The molecule has 0 spiro atoms. The lowest BCUT2D eigenvalue weighted by atomic mass is 9.84. The van der Waals surface area contributed by atoms with Crippen LogP contribution in [-0.4, -0.2) is 27.2 Å². The second-order valence-corrected chi connectivity index (χ2v) is 11.1. The molecule has 0 aromatic carbocycles. The maximum Gasteiger partial charge on any atom is 0.259 e. The summed E-state index contributed by atoms with van der Waals surface area (Å²) in [5.41, 5.74) is 0.930. The van der Waals surface area contributed by atoms with Crippen LogP contribution in [0, 0.1) is 31.6 Å². The zero-order valence-corrected chi connectivity index (χ0v) is 18.6. The summed E-state index contributed by atoms with van der Waals surface area (Å²) in [7, 11) is 0. The van der Waals surface area contributed by atoms with Crippen LogP contribution in [0.25, 0.3) is 10.2 Å². The number of thiophene rings is 1. The van der Waals surface area contributed by atoms with Crippen molar-refractivity contribution < 1.29 is 4.79 Å². The summed E-state index contributed by atoms with van der Waals surface area (Å²) >= 11 is 3.08. The number of hydrogen-bond acceptors (Lipinski definition) is 5. The Labute approximate surface area is 174 Å². The molecule has 2 saturated carbocycles. The second-order valence-electron chi connectivity index (χ2n) is 8.57. The molecule has 5 nitrogen and oxygen atoms in total. The lowest BCUT2D eigenvalue weighted by molar-refractivity contribution is -0.121. The summed E-state index contributed by atoms with van der Waals surface area (Å²) in [5, 5.41) is 3.77. The third kappa shape index (κ3) is 3.75. The van der Waals surface area contributed by atoms with Gasteiger partial charge in [0.1, 0.15) is 10.7 Å². The minimum Gasteiger partial charge on any atom is -0.352 e. The minimum atomic E-state index is -0.172. The molecule has 2 aromatic rings. The summed E-state index contributed by atoms with van der Waals surface area (Å²) in [4.78, 5) is 34.4. The number of aromatic amines is 1. The standard InChI is InChI=1S/C21H29N3O2S2/c1-10-12(3)28-21-18(10)20(26)23-17(24-21)9-27-13(4)19(25)22-11(2)16-8-14-5-6-15(16)7-14/h11,13-16H,5-9H2,1-4H3,(H,22,25)(H,23,24,26). The van der Waals surface area contributed by atoms with E-state index in [0.29, 0.717) is 22.9 Å². The lowest BCUT2D eigenvalue weighted by Gasteiger charge is -2.29. The van der Waals surface area contributed by atoms with Gasteiger partial charge in [0.05, 0.1) is 16.4 Å². The summed E-state index contributed by atoms with van der Waals surface area (Å²) in [6.07, 6.45) is 5.35. The number of aromatic nitrogens is 2. The first kappa shape index (κ1) is 20.0. The van der Waals surface area contributed by atoms with E-state index in [-0.39, 0.29) is 22.8 Å². The highest BCUT2D eigenvalue weighted by atomic mass is 32.2. The quantitative estimate of drug-likeness (QED) is 0.737. The van der Waals surface area contributed by atoms with Crippen molar-refractivity contribution in [3.8, 4) is 0 Å². The summed E-state index contributed by atoms with van der Waals surface area (Å²) in [6.45, 7) is 8.07. The number of thioether (sulfide) groups is 1. The first-order valence-corrected chi connectivity index (χ1v) is 12.1. The number of nitrogens with zero attached hydrogens (tertiary/aromatic N) is 1. The molecular weight excluding hydrogens is 390 g/mol. The molecule has 5 unspecified atom stereocenters. The van der Waals surface area contributed by atoms with Crippen LogP contribution in [0.3, 0.4) is 0 Å². The van der Waals surface area contributed by atoms with Crippen LogP contribution in [0.2, 0.25) is 0 Å². The van der Waals surface area contributed by atoms with Gasteiger partial charge in [-0.2, -0.15) is 0 Å². The number of fused-ring (bicyclic) bond motifs is 3. The van der Waals surface area contributed by atoms with Crippen LogP contribution in [-0.2, 0) is 10.5 Å². The zero-order valence-electron chi connectivity index (χ0n) is 17.0. The van der Waals surface area contributed by atoms with E-state index >= 15 is 0 Å². The number of H-pyrrole nitrogens is 1. The van der Waals surface area contributed by atoms with Crippen molar-refractivity contribution in [2.75, 3.05) is 0 Å². The largest absolute Gasteiger partial charge is 0.352 e. The van der Waals surface area contributed by atoms with Crippen LogP contribution >= 0.6 is 23.1 Å². The van der Waals surface area contributed by atoms with Gasteiger partial charge in [-0.15, -0.1) is 23.1 Å². The van der Waals surface area contributed by atoms with Gasteiger partial charge in [-0.05, 0) is 70.3 Å². The summed E-state index contributed by atoms with van der Waals surface area (Å²) in [5.74, 6) is 3.60. The van der Waals surface area contributed by atoms with Gasteiger partial charge in [0, 0.05) is 10.9 Å². The fourth-order valence-corrected chi connectivity index (χ4v) is 6.82. The van der Waals surface area contributed by atoms with E-state index in [1.54, 1.807) is 11.3 Å². The van der Waals surface area contributed by atoms with Gasteiger partial charge in [-0.1, -0.05) is 6.42 Å². The number of carbonyl (C=O) groups excluding carboxylic acids is 1. The molecule has 0 aliphatic heterocycles. The van der Waals surface area contributed by atoms with Crippen molar-refractivity contribution in [1.29, 1.82) is 0 Å². The first-order valence-electron chi connectivity index (χ1n) is 10.2. The molecule has 4 rings (SSSR count). The molecule has 2 aromatic heterocycles. The van der Waals surface area contributed by atoms with Crippen molar-refractivity contribution in [2.24, 2.45) is 17.8 Å². The number of carbonyl (C=O) groups is 1. The van der Waals surface area contributed by atoms with Crippen molar-refractivity contribution in [1.82, 2.24) is 15.3 Å². The Morgan fingerprint density at radius 1 is 1.32 bits per heavy atom. The molecule has 2 aliphatic carbocycles. The Bertz CT molecular complexity index is 951. The fourth-order valence-electron chi connectivity index (χ4n) is 5.00. The van der Waals surface area contributed by atoms with Gasteiger partial charge in [0.25, 0.3) is 5.56 Å². The van der Waals surface area contributed by atoms with Crippen molar-refractivity contribution in [2.45, 2.75) is 70.4 Å². The molecule has 28 heavy (non-hydrogen) atoms. The number of aryl methyl sites for hydroxylation is 2. The molecule has 2 bridgehead atoms. The highest BCUT2D eigenvalue weighted by molar-refractivity contribution is 7.99. The Balaban J connectivity index is 1.35. The van der Waals surface area contributed by atoms with Gasteiger partial charge in [-0.3, -0.25) is 9.59 Å². The Kier molecular flexibility index (Phi) is 5.58. The molecule has 5 atom stereocenters. The Morgan fingerprint density at radius 3 is 2.79 bits per heavy atom. The van der Waals surface area contributed by atoms with Gasteiger partial charge >= 0.3 is 0 Å². The Morgan fingerprint density at radius 2 is 2.11 bits per heavy atom. The molecule has 0 saturated heterocycles. The molecule has 7 heteroatoms. The topological polar surface area (TPSA) is 74.8 Å². The number of rotatable bonds is 6. The number of nitrogens with one attached hydrogen (secondary N) is 2. The molecular formula is C21H29N3O2S2. The maximum atomic E-state index is 12.6. The van der Waals surface area contributed by atoms with E-state index in [2.05, 4.69) is 22.2 Å². The highest BCUT2D eigenvalue weighted by Gasteiger charge is 2.42. The molecule has 2 aliphatic rings. The zero-order chi connectivity index (χ0) is 20.0. The van der Waals surface area contributed by atoms with Crippen molar-refractivity contribution >= 4 is 39.2 Å². The third-order valence-electron chi connectivity index (χ3n) is 6.73. The average molecular weight is 420 g/mol. The monoisotopic (exact) mass is 419 g/mol. The normalized spacial score (nSPS) is 25.9. The molecule has 2 fully saturated rings. The fraction of sp³-hybridized carbons (Fsp3) is 0.667. The van der Waals surface area contributed by atoms with Crippen molar-refractivity contribution in [3.63, 3.8) is 0 Å². The van der Waals surface area contributed by atoms with Gasteiger partial charge in [0.2, 0.25) is 5.91 Å². The first-order chi connectivity index (χ1) is 13.3. The second kappa shape index (κ2) is 7.82. The van der Waals surface area contributed by atoms with Gasteiger partial charge < -0.3 is 10.3 Å². The molecule has 152 valence electrons. The van der Waals surface area contributed by atoms with Crippen LogP contribution in [0.5, 0.6) is 0 Å². The number of amides is 1. The smallest absolute Gasteiger partial charge is 0.259 e. The summed E-state index contributed by atoms with van der Waals surface area (Å²) in [6, 6.07) is 0.247. The van der Waals surface area contributed by atoms with Gasteiger partial charge in [-0.25, -0.2) is 4.98 Å². The molecule has 0 radical (unpaired) electrons. The third-order valence-corrected chi connectivity index (χ3v) is 8.99. The van der Waals surface area contributed by atoms with E-state index in [4.69, 9.17) is 0 Å².